The predicted molar refractivity (Wildman–Crippen MR) is 84.0 cm³/mol. The number of hydrogen-bond acceptors (Lipinski definition) is 3. The van der Waals surface area contributed by atoms with Gasteiger partial charge in [-0.2, -0.15) is 4.31 Å². The number of hydrogen-bond donors (Lipinski definition) is 1. The lowest BCUT2D eigenvalue weighted by Crippen LogP contribution is -2.52. The molecule has 2 saturated heterocycles. The molecule has 2 atom stereocenters. The van der Waals surface area contributed by atoms with Crippen molar-refractivity contribution in [1.82, 2.24) is 9.62 Å². The summed E-state index contributed by atoms with van der Waals surface area (Å²) < 4.78 is 27.6. The van der Waals surface area contributed by atoms with E-state index in [1.165, 1.54) is 0 Å². The van der Waals surface area contributed by atoms with E-state index >= 15 is 0 Å². The molecule has 0 amide bonds. The third-order valence-corrected chi connectivity index (χ3v) is 6.67. The van der Waals surface area contributed by atoms with Crippen LogP contribution >= 0.6 is 11.6 Å². The zero-order chi connectivity index (χ0) is 14.9. The van der Waals surface area contributed by atoms with Crippen molar-refractivity contribution in [3.8, 4) is 0 Å². The van der Waals surface area contributed by atoms with Gasteiger partial charge < -0.3 is 5.32 Å². The van der Waals surface area contributed by atoms with E-state index in [9.17, 15) is 8.42 Å². The van der Waals surface area contributed by atoms with Gasteiger partial charge in [0.15, 0.2) is 0 Å². The van der Waals surface area contributed by atoms with Gasteiger partial charge in [0.05, 0.1) is 4.90 Å². The Bertz CT molecular complexity index is 582. The van der Waals surface area contributed by atoms with E-state index in [1.54, 1.807) is 28.6 Å². The van der Waals surface area contributed by atoms with Gasteiger partial charge in [0.1, 0.15) is 0 Å². The first-order valence-electron chi connectivity index (χ1n) is 7.60. The summed E-state index contributed by atoms with van der Waals surface area (Å²) in [6.45, 7) is 1.61. The summed E-state index contributed by atoms with van der Waals surface area (Å²) >= 11 is 5.86. The third kappa shape index (κ3) is 3.11. The average molecular weight is 329 g/mol. The molecule has 3 rings (SSSR count). The molecule has 1 aromatic carbocycles. The van der Waals surface area contributed by atoms with Crippen LogP contribution in [-0.4, -0.2) is 37.9 Å². The zero-order valence-corrected chi connectivity index (χ0v) is 13.5. The van der Waals surface area contributed by atoms with Crippen LogP contribution in [0.3, 0.4) is 0 Å². The van der Waals surface area contributed by atoms with Gasteiger partial charge in [-0.25, -0.2) is 8.42 Å². The number of benzene rings is 1. The van der Waals surface area contributed by atoms with E-state index in [4.69, 9.17) is 11.6 Å². The van der Waals surface area contributed by atoms with E-state index in [1.807, 2.05) is 0 Å². The highest BCUT2D eigenvalue weighted by molar-refractivity contribution is 7.89. The van der Waals surface area contributed by atoms with Crippen molar-refractivity contribution in [3.63, 3.8) is 0 Å². The minimum atomic E-state index is -3.43. The molecular weight excluding hydrogens is 308 g/mol. The molecule has 2 heterocycles. The highest BCUT2D eigenvalue weighted by atomic mass is 35.5. The van der Waals surface area contributed by atoms with Gasteiger partial charge >= 0.3 is 0 Å². The number of halogens is 1. The Morgan fingerprint density at radius 3 is 2.52 bits per heavy atom. The first kappa shape index (κ1) is 15.3. The molecule has 0 radical (unpaired) electrons. The van der Waals surface area contributed by atoms with Gasteiger partial charge in [0, 0.05) is 23.7 Å². The molecule has 116 valence electrons. The van der Waals surface area contributed by atoms with Crippen LogP contribution in [0.1, 0.15) is 32.1 Å². The highest BCUT2D eigenvalue weighted by Gasteiger charge is 2.38. The Morgan fingerprint density at radius 2 is 1.86 bits per heavy atom. The smallest absolute Gasteiger partial charge is 0.243 e. The number of nitrogens with one attached hydrogen (secondary N) is 1. The third-order valence-electron chi connectivity index (χ3n) is 4.48. The van der Waals surface area contributed by atoms with Gasteiger partial charge in [0.2, 0.25) is 10.0 Å². The van der Waals surface area contributed by atoms with Crippen molar-refractivity contribution < 1.29 is 8.42 Å². The lowest BCUT2D eigenvalue weighted by molar-refractivity contribution is 0.211. The largest absolute Gasteiger partial charge is 0.312 e. The molecule has 2 fully saturated rings. The Balaban J connectivity index is 1.89. The van der Waals surface area contributed by atoms with Crippen molar-refractivity contribution in [2.45, 2.75) is 49.1 Å². The van der Waals surface area contributed by atoms with Gasteiger partial charge in [-0.3, -0.25) is 0 Å². The summed E-state index contributed by atoms with van der Waals surface area (Å²) in [5.41, 5.74) is 0. The van der Waals surface area contributed by atoms with Crippen LogP contribution < -0.4 is 5.32 Å². The average Bonchev–Trinajstić information content (AvgIpc) is 3.02. The molecule has 4 nitrogen and oxygen atoms in total. The number of piperidine rings is 1. The van der Waals surface area contributed by atoms with Crippen molar-refractivity contribution in [1.29, 1.82) is 0 Å². The second-order valence-corrected chi connectivity index (χ2v) is 8.16. The standard InChI is InChI=1S/C15H21ClN2O2S/c16-12-6-8-13(9-7-12)21(19,20)18-11-2-1-5-15(18)14-4-3-10-17-14/h6-9,14-15,17H,1-5,10-11H2. The number of sulfonamides is 1. The van der Waals surface area contributed by atoms with Crippen LogP contribution in [0, 0.1) is 0 Å². The van der Waals surface area contributed by atoms with Crippen LogP contribution in [0.25, 0.3) is 0 Å². The lowest BCUT2D eigenvalue weighted by Gasteiger charge is -2.38. The van der Waals surface area contributed by atoms with E-state index < -0.39 is 10.0 Å². The van der Waals surface area contributed by atoms with Gasteiger partial charge in [-0.1, -0.05) is 18.0 Å². The van der Waals surface area contributed by atoms with Gasteiger partial charge in [-0.15, -0.1) is 0 Å². The lowest BCUT2D eigenvalue weighted by atomic mass is 9.97. The molecule has 2 aliphatic heterocycles. The van der Waals surface area contributed by atoms with E-state index in [0.717, 1.165) is 38.6 Å². The summed E-state index contributed by atoms with van der Waals surface area (Å²) in [5, 5.41) is 4.02. The maximum atomic E-state index is 12.9. The van der Waals surface area contributed by atoms with Crippen LogP contribution in [0.15, 0.2) is 29.2 Å². The molecule has 2 unspecified atom stereocenters. The van der Waals surface area contributed by atoms with Crippen LogP contribution in [-0.2, 0) is 10.0 Å². The summed E-state index contributed by atoms with van der Waals surface area (Å²) in [4.78, 5) is 0.344. The van der Waals surface area contributed by atoms with Crippen LogP contribution in [0.4, 0.5) is 0 Å². The van der Waals surface area contributed by atoms with Crippen molar-refractivity contribution in [3.05, 3.63) is 29.3 Å². The van der Waals surface area contributed by atoms with Gasteiger partial charge in [0.25, 0.3) is 0 Å². The van der Waals surface area contributed by atoms with E-state index in [0.29, 0.717) is 22.5 Å². The van der Waals surface area contributed by atoms with Gasteiger partial charge in [-0.05, 0) is 56.5 Å². The minimum Gasteiger partial charge on any atom is -0.312 e. The summed E-state index contributed by atoms with van der Waals surface area (Å²) in [6, 6.07) is 6.87. The molecule has 0 spiro atoms. The summed E-state index contributed by atoms with van der Waals surface area (Å²) in [7, 11) is -3.43. The van der Waals surface area contributed by atoms with Crippen LogP contribution in [0.5, 0.6) is 0 Å². The quantitative estimate of drug-likeness (QED) is 0.928. The molecule has 0 bridgehead atoms. The monoisotopic (exact) mass is 328 g/mol. The summed E-state index contributed by atoms with van der Waals surface area (Å²) in [6.07, 6.45) is 5.20. The fraction of sp³-hybridized carbons (Fsp3) is 0.600. The molecule has 1 N–H and O–H groups in total. The fourth-order valence-corrected chi connectivity index (χ4v) is 5.27. The first-order valence-corrected chi connectivity index (χ1v) is 9.41. The second-order valence-electron chi connectivity index (χ2n) is 5.84. The predicted octanol–water partition coefficient (Wildman–Crippen LogP) is 2.64. The molecule has 0 saturated carbocycles. The SMILES string of the molecule is O=S(=O)(c1ccc(Cl)cc1)N1CCCCC1C1CCCN1. The Hall–Kier alpha value is -0.620. The van der Waals surface area contributed by atoms with Crippen molar-refractivity contribution in [2.24, 2.45) is 0 Å². The molecular formula is C15H21ClN2O2S. The topological polar surface area (TPSA) is 49.4 Å². The molecule has 1 aromatic rings. The molecule has 6 heteroatoms. The zero-order valence-electron chi connectivity index (χ0n) is 12.0. The molecule has 2 aliphatic rings. The van der Waals surface area contributed by atoms with Crippen molar-refractivity contribution in [2.75, 3.05) is 13.1 Å². The molecule has 0 aliphatic carbocycles. The fourth-order valence-electron chi connectivity index (χ4n) is 3.41. The molecule has 0 aromatic heterocycles. The van der Waals surface area contributed by atoms with E-state index in [-0.39, 0.29) is 6.04 Å². The van der Waals surface area contributed by atoms with E-state index in [2.05, 4.69) is 5.32 Å². The normalized spacial score (nSPS) is 27.9. The number of nitrogens with zero attached hydrogens (tertiary/aromatic N) is 1. The molecule has 21 heavy (non-hydrogen) atoms. The minimum absolute atomic E-state index is 0.0851. The second kappa shape index (κ2) is 6.24. The Labute approximate surface area is 131 Å². The maximum absolute atomic E-state index is 12.9. The number of rotatable bonds is 3. The Morgan fingerprint density at radius 1 is 1.10 bits per heavy atom. The first-order chi connectivity index (χ1) is 10.1. The maximum Gasteiger partial charge on any atom is 0.243 e. The Kier molecular flexibility index (Phi) is 4.54. The van der Waals surface area contributed by atoms with Crippen molar-refractivity contribution >= 4 is 21.6 Å². The van der Waals surface area contributed by atoms with Crippen LogP contribution in [0.2, 0.25) is 5.02 Å². The highest BCUT2D eigenvalue weighted by Crippen LogP contribution is 2.30. The summed E-state index contributed by atoms with van der Waals surface area (Å²) in [5.74, 6) is 0.